The Morgan fingerprint density at radius 3 is 2.24 bits per heavy atom. The van der Waals surface area contributed by atoms with E-state index in [4.69, 9.17) is 0 Å². The molecule has 0 saturated heterocycles. The second-order valence-corrected chi connectivity index (χ2v) is 10.2. The summed E-state index contributed by atoms with van der Waals surface area (Å²) in [4.78, 5) is 28.3. The molecule has 0 spiro atoms. The van der Waals surface area contributed by atoms with E-state index in [2.05, 4.69) is 20.8 Å². The van der Waals surface area contributed by atoms with Crippen molar-refractivity contribution in [1.82, 2.24) is 0 Å². The molecule has 0 saturated carbocycles. The number of anilines is 1. The molecule has 4 heteroatoms. The number of Topliss-reactive ketones (excluding diaryl/α,β-unsaturated/α-hetero) is 1. The number of hydrogen-bond acceptors (Lipinski definition) is 3. The molecule has 0 fully saturated rings. The number of ketones is 1. The van der Waals surface area contributed by atoms with Crippen molar-refractivity contribution in [2.75, 3.05) is 4.90 Å². The van der Waals surface area contributed by atoms with Gasteiger partial charge in [-0.1, -0.05) is 95.3 Å². The molecule has 33 heavy (non-hydrogen) atoms. The number of aliphatic hydroxyl groups is 1. The van der Waals surface area contributed by atoms with Crippen LogP contribution in [0.4, 0.5) is 5.69 Å². The van der Waals surface area contributed by atoms with E-state index in [1.807, 2.05) is 80.6 Å². The Balaban J connectivity index is 1.90. The van der Waals surface area contributed by atoms with Gasteiger partial charge in [0.2, 0.25) is 0 Å². The summed E-state index contributed by atoms with van der Waals surface area (Å²) in [5, 5.41) is 12.8. The van der Waals surface area contributed by atoms with Crippen LogP contribution < -0.4 is 4.90 Å². The molecule has 4 rings (SSSR count). The SMILES string of the molecule is CC(C)CC(=O)C1=C(O)C(=O)N(c2cccc3ccccc23)C1c1ccc(C(C)(C)C)cc1. The van der Waals surface area contributed by atoms with Crippen molar-refractivity contribution in [3.8, 4) is 0 Å². The van der Waals surface area contributed by atoms with Crippen LogP contribution in [-0.2, 0) is 15.0 Å². The molecule has 3 aromatic rings. The lowest BCUT2D eigenvalue weighted by molar-refractivity contribution is -0.118. The lowest BCUT2D eigenvalue weighted by atomic mass is 9.85. The van der Waals surface area contributed by atoms with Gasteiger partial charge in [-0.05, 0) is 33.9 Å². The highest BCUT2D eigenvalue weighted by atomic mass is 16.3. The first-order valence-corrected chi connectivity index (χ1v) is 11.5. The molecule has 0 bridgehead atoms. The molecule has 170 valence electrons. The number of amides is 1. The maximum atomic E-state index is 13.4. The Hall–Kier alpha value is -3.40. The lowest BCUT2D eigenvalue weighted by Crippen LogP contribution is -2.31. The fourth-order valence-corrected chi connectivity index (χ4v) is 4.52. The van der Waals surface area contributed by atoms with Gasteiger partial charge in [0.15, 0.2) is 11.5 Å². The summed E-state index contributed by atoms with van der Waals surface area (Å²) in [6.45, 7) is 10.4. The van der Waals surface area contributed by atoms with Crippen LogP contribution in [0.3, 0.4) is 0 Å². The van der Waals surface area contributed by atoms with Crippen molar-refractivity contribution in [3.05, 3.63) is 89.2 Å². The summed E-state index contributed by atoms with van der Waals surface area (Å²) in [7, 11) is 0. The van der Waals surface area contributed by atoms with Gasteiger partial charge in [-0.15, -0.1) is 0 Å². The predicted molar refractivity (Wildman–Crippen MR) is 133 cm³/mol. The molecule has 1 amide bonds. The number of rotatable bonds is 5. The second-order valence-electron chi connectivity index (χ2n) is 10.2. The van der Waals surface area contributed by atoms with E-state index in [1.165, 1.54) is 0 Å². The highest BCUT2D eigenvalue weighted by molar-refractivity contribution is 6.18. The molecule has 1 N–H and O–H groups in total. The number of benzene rings is 3. The highest BCUT2D eigenvalue weighted by Crippen LogP contribution is 2.44. The van der Waals surface area contributed by atoms with Gasteiger partial charge in [-0.25, -0.2) is 0 Å². The molecule has 1 aliphatic rings. The van der Waals surface area contributed by atoms with Crippen molar-refractivity contribution >= 4 is 28.2 Å². The Bertz CT molecular complexity index is 1240. The van der Waals surface area contributed by atoms with E-state index in [0.29, 0.717) is 5.69 Å². The van der Waals surface area contributed by atoms with E-state index >= 15 is 0 Å². The van der Waals surface area contributed by atoms with Crippen molar-refractivity contribution in [2.24, 2.45) is 5.92 Å². The van der Waals surface area contributed by atoms with E-state index in [-0.39, 0.29) is 29.1 Å². The number of carbonyl (C=O) groups is 2. The molecule has 3 aromatic carbocycles. The topological polar surface area (TPSA) is 57.6 Å². The normalized spacial score (nSPS) is 16.8. The first-order chi connectivity index (χ1) is 15.6. The zero-order valence-electron chi connectivity index (χ0n) is 19.9. The standard InChI is InChI=1S/C29H31NO3/c1-18(2)17-24(31)25-26(20-13-15-21(16-14-20)29(3,4)5)30(28(33)27(25)32)23-12-8-10-19-9-6-7-11-22(19)23/h6-16,18,26,32H,17H2,1-5H3. The number of aliphatic hydroxyl groups excluding tert-OH is 1. The molecule has 1 atom stereocenters. The summed E-state index contributed by atoms with van der Waals surface area (Å²) in [5.74, 6) is -1.06. The van der Waals surface area contributed by atoms with Gasteiger partial charge in [-0.2, -0.15) is 0 Å². The summed E-state index contributed by atoms with van der Waals surface area (Å²) in [5.41, 5.74) is 2.82. The van der Waals surface area contributed by atoms with Crippen molar-refractivity contribution < 1.29 is 14.7 Å². The van der Waals surface area contributed by atoms with Crippen LogP contribution in [-0.4, -0.2) is 16.8 Å². The molecular weight excluding hydrogens is 410 g/mol. The van der Waals surface area contributed by atoms with Crippen LogP contribution in [0.25, 0.3) is 10.8 Å². The summed E-state index contributed by atoms with van der Waals surface area (Å²) in [6.07, 6.45) is 0.270. The van der Waals surface area contributed by atoms with Crippen LogP contribution in [0.2, 0.25) is 0 Å². The number of fused-ring (bicyclic) bond motifs is 1. The Morgan fingerprint density at radius 1 is 0.970 bits per heavy atom. The van der Waals surface area contributed by atoms with Crippen LogP contribution in [0, 0.1) is 5.92 Å². The third kappa shape index (κ3) is 4.18. The summed E-state index contributed by atoms with van der Waals surface area (Å²) >= 11 is 0. The number of nitrogens with zero attached hydrogens (tertiary/aromatic N) is 1. The highest BCUT2D eigenvalue weighted by Gasteiger charge is 2.44. The average Bonchev–Trinajstić information content (AvgIpc) is 3.03. The zero-order chi connectivity index (χ0) is 23.9. The Morgan fingerprint density at radius 2 is 1.61 bits per heavy atom. The molecule has 0 aromatic heterocycles. The van der Waals surface area contributed by atoms with Crippen LogP contribution in [0.1, 0.15) is 58.2 Å². The maximum absolute atomic E-state index is 13.4. The third-order valence-corrected chi connectivity index (χ3v) is 6.22. The minimum absolute atomic E-state index is 0.0202. The first-order valence-electron chi connectivity index (χ1n) is 11.5. The molecule has 0 radical (unpaired) electrons. The molecular formula is C29H31NO3. The lowest BCUT2D eigenvalue weighted by Gasteiger charge is -2.29. The fraction of sp³-hybridized carbons (Fsp3) is 0.310. The minimum Gasteiger partial charge on any atom is -0.503 e. The van der Waals surface area contributed by atoms with Crippen LogP contribution in [0.15, 0.2) is 78.1 Å². The monoisotopic (exact) mass is 441 g/mol. The molecule has 0 aliphatic carbocycles. The van der Waals surface area contributed by atoms with Gasteiger partial charge in [0, 0.05) is 11.8 Å². The van der Waals surface area contributed by atoms with Gasteiger partial charge in [0.25, 0.3) is 5.91 Å². The van der Waals surface area contributed by atoms with Crippen LogP contribution in [0.5, 0.6) is 0 Å². The second kappa shape index (κ2) is 8.51. The molecule has 1 heterocycles. The van der Waals surface area contributed by atoms with E-state index in [9.17, 15) is 14.7 Å². The van der Waals surface area contributed by atoms with E-state index in [1.54, 1.807) is 4.90 Å². The van der Waals surface area contributed by atoms with Gasteiger partial charge in [-0.3, -0.25) is 14.5 Å². The minimum atomic E-state index is -0.677. The van der Waals surface area contributed by atoms with Gasteiger partial charge >= 0.3 is 0 Å². The van der Waals surface area contributed by atoms with Crippen molar-refractivity contribution in [2.45, 2.75) is 52.5 Å². The van der Waals surface area contributed by atoms with Gasteiger partial charge in [0.05, 0.1) is 17.3 Å². The fourth-order valence-electron chi connectivity index (χ4n) is 4.52. The maximum Gasteiger partial charge on any atom is 0.294 e. The zero-order valence-corrected chi connectivity index (χ0v) is 19.9. The predicted octanol–water partition coefficient (Wildman–Crippen LogP) is 6.65. The Kier molecular flexibility index (Phi) is 5.87. The third-order valence-electron chi connectivity index (χ3n) is 6.22. The first kappa shape index (κ1) is 22.8. The van der Waals surface area contributed by atoms with E-state index in [0.717, 1.165) is 21.9 Å². The van der Waals surface area contributed by atoms with Gasteiger partial charge in [0.1, 0.15) is 0 Å². The van der Waals surface area contributed by atoms with Gasteiger partial charge < -0.3 is 5.11 Å². The number of hydrogen-bond donors (Lipinski definition) is 1. The number of carbonyl (C=O) groups excluding carboxylic acids is 2. The summed E-state index contributed by atoms with van der Waals surface area (Å²) < 4.78 is 0. The average molecular weight is 442 g/mol. The Labute approximate surface area is 195 Å². The van der Waals surface area contributed by atoms with Crippen molar-refractivity contribution in [3.63, 3.8) is 0 Å². The molecule has 1 aliphatic heterocycles. The largest absolute Gasteiger partial charge is 0.503 e. The molecule has 1 unspecified atom stereocenters. The van der Waals surface area contributed by atoms with E-state index < -0.39 is 17.7 Å². The summed E-state index contributed by atoms with van der Waals surface area (Å²) in [6, 6.07) is 20.9. The van der Waals surface area contributed by atoms with Crippen molar-refractivity contribution in [1.29, 1.82) is 0 Å². The smallest absolute Gasteiger partial charge is 0.294 e. The quantitative estimate of drug-likeness (QED) is 0.482. The van der Waals surface area contributed by atoms with Crippen LogP contribution >= 0.6 is 0 Å². The molecule has 4 nitrogen and oxygen atoms in total.